The lowest BCUT2D eigenvalue weighted by Gasteiger charge is -2.19. The van der Waals surface area contributed by atoms with Crippen LogP contribution in [-0.2, 0) is 4.79 Å². The van der Waals surface area contributed by atoms with Gasteiger partial charge in [0.25, 0.3) is 0 Å². The Bertz CT molecular complexity index is 148. The Kier molecular flexibility index (Phi) is 6.59. The van der Waals surface area contributed by atoms with Crippen LogP contribution in [0.5, 0.6) is 0 Å². The molecule has 1 fully saturated rings. The number of carbonyl (C=O) groups excluding carboxylic acids is 1. The van der Waals surface area contributed by atoms with Crippen LogP contribution in [0.2, 0.25) is 0 Å². The Morgan fingerprint density at radius 1 is 1.54 bits per heavy atom. The summed E-state index contributed by atoms with van der Waals surface area (Å²) >= 11 is 0. The zero-order chi connectivity index (χ0) is 10.3. The van der Waals surface area contributed by atoms with E-state index in [2.05, 4.69) is 5.32 Å². The van der Waals surface area contributed by atoms with Gasteiger partial charge in [-0.2, -0.15) is 0 Å². The highest BCUT2D eigenvalue weighted by Gasteiger charge is 2.26. The quantitative estimate of drug-likeness (QED) is 0.719. The van der Waals surface area contributed by atoms with E-state index in [9.17, 15) is 4.79 Å². The molecule has 1 unspecified atom stereocenters. The van der Waals surface area contributed by atoms with E-state index in [-0.39, 0.29) is 0 Å². The average Bonchev–Trinajstić information content (AvgIpc) is 2.48. The molecule has 0 aromatic carbocycles. The van der Waals surface area contributed by atoms with Crippen molar-refractivity contribution in [3.05, 3.63) is 0 Å². The van der Waals surface area contributed by atoms with Crippen molar-refractivity contribution < 1.29 is 4.79 Å². The highest BCUT2D eigenvalue weighted by Crippen LogP contribution is 2.18. The van der Waals surface area contributed by atoms with Crippen LogP contribution < -0.4 is 5.32 Å². The van der Waals surface area contributed by atoms with E-state index in [0.717, 1.165) is 25.8 Å². The van der Waals surface area contributed by atoms with E-state index in [1.165, 1.54) is 0 Å². The summed E-state index contributed by atoms with van der Waals surface area (Å²) in [5.41, 5.74) is 0. The first-order valence-electron chi connectivity index (χ1n) is 5.16. The van der Waals surface area contributed by atoms with Gasteiger partial charge in [-0.25, -0.2) is 0 Å². The van der Waals surface area contributed by atoms with Gasteiger partial charge in [-0.15, -0.1) is 0 Å². The van der Waals surface area contributed by atoms with E-state index in [0.29, 0.717) is 11.9 Å². The van der Waals surface area contributed by atoms with Gasteiger partial charge < -0.3 is 10.2 Å². The summed E-state index contributed by atoms with van der Waals surface area (Å²) in [5.74, 6) is 0.297. The summed E-state index contributed by atoms with van der Waals surface area (Å²) in [6.07, 6.45) is 2.86. The van der Waals surface area contributed by atoms with Crippen LogP contribution in [-0.4, -0.2) is 37.5 Å². The SMILES string of the molecule is CC.CNCCC1CCC(=O)N1C. The third-order valence-corrected chi connectivity index (χ3v) is 2.36. The van der Waals surface area contributed by atoms with Crippen molar-refractivity contribution in [2.24, 2.45) is 0 Å². The molecule has 13 heavy (non-hydrogen) atoms. The van der Waals surface area contributed by atoms with Gasteiger partial charge in [-0.05, 0) is 26.4 Å². The lowest BCUT2D eigenvalue weighted by atomic mass is 10.1. The van der Waals surface area contributed by atoms with Crippen LogP contribution in [0.25, 0.3) is 0 Å². The van der Waals surface area contributed by atoms with Crippen molar-refractivity contribution in [3.8, 4) is 0 Å². The molecule has 0 radical (unpaired) electrons. The van der Waals surface area contributed by atoms with Crippen molar-refractivity contribution >= 4 is 5.91 Å². The first kappa shape index (κ1) is 12.4. The lowest BCUT2D eigenvalue weighted by Crippen LogP contribution is -2.30. The summed E-state index contributed by atoms with van der Waals surface area (Å²) < 4.78 is 0. The van der Waals surface area contributed by atoms with Crippen LogP contribution in [0.15, 0.2) is 0 Å². The third kappa shape index (κ3) is 3.77. The fourth-order valence-electron chi connectivity index (χ4n) is 1.51. The molecule has 1 saturated heterocycles. The molecule has 1 rings (SSSR count). The predicted molar refractivity (Wildman–Crippen MR) is 55.7 cm³/mol. The van der Waals surface area contributed by atoms with E-state index < -0.39 is 0 Å². The standard InChI is InChI=1S/C8H16N2O.C2H6/c1-9-6-5-7-3-4-8(11)10(7)2;1-2/h7,9H,3-6H2,1-2H3;1-2H3. The minimum Gasteiger partial charge on any atom is -0.343 e. The Balaban J connectivity index is 0.000000671. The normalized spacial score (nSPS) is 21.4. The van der Waals surface area contributed by atoms with Crippen LogP contribution in [0.4, 0.5) is 0 Å². The Morgan fingerprint density at radius 3 is 2.54 bits per heavy atom. The molecule has 1 amide bonds. The average molecular weight is 186 g/mol. The number of nitrogens with zero attached hydrogens (tertiary/aromatic N) is 1. The summed E-state index contributed by atoms with van der Waals surface area (Å²) in [5, 5.41) is 3.09. The number of carbonyl (C=O) groups is 1. The fourth-order valence-corrected chi connectivity index (χ4v) is 1.51. The fraction of sp³-hybridized carbons (Fsp3) is 0.900. The second kappa shape index (κ2) is 6.89. The van der Waals surface area contributed by atoms with Crippen molar-refractivity contribution in [2.75, 3.05) is 20.6 Å². The zero-order valence-electron chi connectivity index (χ0n) is 9.26. The molecular formula is C10H22N2O. The van der Waals surface area contributed by atoms with Gasteiger partial charge in [0.2, 0.25) is 5.91 Å². The number of likely N-dealkylation sites (tertiary alicyclic amines) is 1. The molecule has 1 N–H and O–H groups in total. The molecule has 0 bridgehead atoms. The van der Waals surface area contributed by atoms with Gasteiger partial charge in [0.1, 0.15) is 0 Å². The number of hydrogen-bond acceptors (Lipinski definition) is 2. The van der Waals surface area contributed by atoms with E-state index in [1.54, 1.807) is 0 Å². The van der Waals surface area contributed by atoms with Crippen LogP contribution in [0.3, 0.4) is 0 Å². The molecule has 3 heteroatoms. The van der Waals surface area contributed by atoms with E-state index in [1.807, 2.05) is 32.8 Å². The number of amides is 1. The number of rotatable bonds is 3. The van der Waals surface area contributed by atoms with E-state index >= 15 is 0 Å². The molecule has 0 spiro atoms. The Morgan fingerprint density at radius 2 is 2.15 bits per heavy atom. The van der Waals surface area contributed by atoms with Gasteiger partial charge in [-0.1, -0.05) is 13.8 Å². The molecule has 0 aromatic rings. The van der Waals surface area contributed by atoms with Crippen molar-refractivity contribution in [1.82, 2.24) is 10.2 Å². The molecule has 78 valence electrons. The first-order valence-corrected chi connectivity index (χ1v) is 5.16. The Hall–Kier alpha value is -0.570. The second-order valence-electron chi connectivity index (χ2n) is 3.09. The number of nitrogens with one attached hydrogen (secondary N) is 1. The van der Waals surface area contributed by atoms with Crippen LogP contribution in [0, 0.1) is 0 Å². The highest BCUT2D eigenvalue weighted by atomic mass is 16.2. The monoisotopic (exact) mass is 186 g/mol. The molecule has 1 atom stereocenters. The van der Waals surface area contributed by atoms with Gasteiger partial charge in [0.15, 0.2) is 0 Å². The lowest BCUT2D eigenvalue weighted by molar-refractivity contribution is -0.127. The van der Waals surface area contributed by atoms with Crippen molar-refractivity contribution in [2.45, 2.75) is 39.2 Å². The largest absolute Gasteiger partial charge is 0.343 e. The first-order chi connectivity index (χ1) is 6.25. The number of hydrogen-bond donors (Lipinski definition) is 1. The summed E-state index contributed by atoms with van der Waals surface area (Å²) in [6, 6.07) is 0.481. The summed E-state index contributed by atoms with van der Waals surface area (Å²) in [4.78, 5) is 12.9. The topological polar surface area (TPSA) is 32.3 Å². The predicted octanol–water partition coefficient (Wildman–Crippen LogP) is 1.24. The maximum atomic E-state index is 11.1. The van der Waals surface area contributed by atoms with Crippen molar-refractivity contribution in [3.63, 3.8) is 0 Å². The molecule has 3 nitrogen and oxygen atoms in total. The maximum absolute atomic E-state index is 11.1. The minimum atomic E-state index is 0.297. The second-order valence-corrected chi connectivity index (χ2v) is 3.09. The van der Waals surface area contributed by atoms with Gasteiger partial charge >= 0.3 is 0 Å². The molecule has 0 aliphatic carbocycles. The van der Waals surface area contributed by atoms with Crippen molar-refractivity contribution in [1.29, 1.82) is 0 Å². The van der Waals surface area contributed by atoms with Crippen LogP contribution in [0.1, 0.15) is 33.1 Å². The van der Waals surface area contributed by atoms with Gasteiger partial charge in [0.05, 0.1) is 0 Å². The van der Waals surface area contributed by atoms with E-state index in [4.69, 9.17) is 0 Å². The molecule has 1 aliphatic rings. The molecule has 0 aromatic heterocycles. The molecular weight excluding hydrogens is 164 g/mol. The summed E-state index contributed by atoms with van der Waals surface area (Å²) in [7, 11) is 3.84. The van der Waals surface area contributed by atoms with Gasteiger partial charge in [-0.3, -0.25) is 4.79 Å². The molecule has 0 saturated carbocycles. The zero-order valence-corrected chi connectivity index (χ0v) is 9.26. The maximum Gasteiger partial charge on any atom is 0.222 e. The van der Waals surface area contributed by atoms with Crippen LogP contribution >= 0.6 is 0 Å². The summed E-state index contributed by atoms with van der Waals surface area (Å²) in [6.45, 7) is 5.00. The minimum absolute atomic E-state index is 0.297. The Labute approximate surface area is 81.5 Å². The third-order valence-electron chi connectivity index (χ3n) is 2.36. The molecule has 1 heterocycles. The van der Waals surface area contributed by atoms with Gasteiger partial charge in [0, 0.05) is 19.5 Å². The highest BCUT2D eigenvalue weighted by molar-refractivity contribution is 5.78. The smallest absolute Gasteiger partial charge is 0.222 e. The molecule has 1 aliphatic heterocycles.